The van der Waals surface area contributed by atoms with Crippen molar-refractivity contribution in [2.24, 2.45) is 5.73 Å². The van der Waals surface area contributed by atoms with Crippen LogP contribution in [0, 0.1) is 0 Å². The molecule has 2 atom stereocenters. The van der Waals surface area contributed by atoms with Crippen molar-refractivity contribution < 1.29 is 4.52 Å². The topological polar surface area (TPSA) is 64.9 Å². The highest BCUT2D eigenvalue weighted by Crippen LogP contribution is 2.21. The third-order valence-electron chi connectivity index (χ3n) is 2.98. The zero-order chi connectivity index (χ0) is 13.7. The summed E-state index contributed by atoms with van der Waals surface area (Å²) in [6.45, 7) is 4.37. The van der Waals surface area contributed by atoms with Crippen LogP contribution in [-0.4, -0.2) is 15.4 Å². The maximum atomic E-state index is 6.11. The molecule has 19 heavy (non-hydrogen) atoms. The standard InChI is InChI=1S/C14H19N3OS/c1-3-10(2)19-9-12-16-14(18-17-12)13(15)11-7-5-4-6-8-11/h4-8,10,13H,3,9,15H2,1-2H3/t10?,13-/m1/s1. The van der Waals surface area contributed by atoms with Crippen molar-refractivity contribution >= 4 is 11.8 Å². The molecule has 0 aliphatic heterocycles. The van der Waals surface area contributed by atoms with Crippen molar-refractivity contribution in [1.82, 2.24) is 10.1 Å². The number of nitrogens with two attached hydrogens (primary N) is 1. The summed E-state index contributed by atoms with van der Waals surface area (Å²) in [5.74, 6) is 1.96. The predicted octanol–water partition coefficient (Wildman–Crippen LogP) is 3.15. The molecule has 0 spiro atoms. The van der Waals surface area contributed by atoms with E-state index in [2.05, 4.69) is 24.0 Å². The van der Waals surface area contributed by atoms with E-state index in [1.165, 1.54) is 0 Å². The largest absolute Gasteiger partial charge is 0.337 e. The highest BCUT2D eigenvalue weighted by molar-refractivity contribution is 7.99. The third kappa shape index (κ3) is 3.81. The number of hydrogen-bond donors (Lipinski definition) is 1. The van der Waals surface area contributed by atoms with E-state index in [9.17, 15) is 0 Å². The smallest absolute Gasteiger partial charge is 0.248 e. The first kappa shape index (κ1) is 14.1. The molecule has 0 amide bonds. The summed E-state index contributed by atoms with van der Waals surface area (Å²) >= 11 is 1.82. The van der Waals surface area contributed by atoms with Gasteiger partial charge in [-0.05, 0) is 12.0 Å². The van der Waals surface area contributed by atoms with Gasteiger partial charge in [-0.2, -0.15) is 16.7 Å². The summed E-state index contributed by atoms with van der Waals surface area (Å²) in [5.41, 5.74) is 7.09. The molecular weight excluding hydrogens is 258 g/mol. The monoisotopic (exact) mass is 277 g/mol. The summed E-state index contributed by atoms with van der Waals surface area (Å²) in [6.07, 6.45) is 1.14. The fourth-order valence-corrected chi connectivity index (χ4v) is 2.38. The molecule has 2 N–H and O–H groups in total. The molecule has 4 nitrogen and oxygen atoms in total. The fraction of sp³-hybridized carbons (Fsp3) is 0.429. The molecule has 2 rings (SSSR count). The van der Waals surface area contributed by atoms with Crippen LogP contribution in [0.15, 0.2) is 34.9 Å². The lowest BCUT2D eigenvalue weighted by Crippen LogP contribution is -2.12. The van der Waals surface area contributed by atoms with E-state index in [-0.39, 0.29) is 6.04 Å². The van der Waals surface area contributed by atoms with Crippen LogP contribution in [0.5, 0.6) is 0 Å². The molecule has 0 aliphatic carbocycles. The molecule has 2 aromatic rings. The van der Waals surface area contributed by atoms with E-state index < -0.39 is 0 Å². The van der Waals surface area contributed by atoms with E-state index in [1.54, 1.807) is 0 Å². The first-order valence-electron chi connectivity index (χ1n) is 6.45. The molecule has 0 saturated carbocycles. The number of nitrogens with zero attached hydrogens (tertiary/aromatic N) is 2. The Morgan fingerprint density at radius 3 is 2.74 bits per heavy atom. The summed E-state index contributed by atoms with van der Waals surface area (Å²) < 4.78 is 5.25. The molecule has 0 saturated heterocycles. The van der Waals surface area contributed by atoms with Crippen molar-refractivity contribution in [1.29, 1.82) is 0 Å². The van der Waals surface area contributed by atoms with Crippen molar-refractivity contribution in [2.75, 3.05) is 0 Å². The van der Waals surface area contributed by atoms with Gasteiger partial charge < -0.3 is 10.3 Å². The normalized spacial score (nSPS) is 14.3. The summed E-state index contributed by atoms with van der Waals surface area (Å²) in [7, 11) is 0. The van der Waals surface area contributed by atoms with Gasteiger partial charge in [0.25, 0.3) is 0 Å². The number of thioether (sulfide) groups is 1. The Morgan fingerprint density at radius 2 is 2.05 bits per heavy atom. The van der Waals surface area contributed by atoms with E-state index in [4.69, 9.17) is 10.3 Å². The van der Waals surface area contributed by atoms with Crippen LogP contribution < -0.4 is 5.73 Å². The third-order valence-corrected chi connectivity index (χ3v) is 4.31. The summed E-state index contributed by atoms with van der Waals surface area (Å²) in [6, 6.07) is 9.43. The first-order chi connectivity index (χ1) is 9.20. The number of rotatable bonds is 6. The summed E-state index contributed by atoms with van der Waals surface area (Å²) in [5, 5.41) is 4.58. The molecule has 5 heteroatoms. The van der Waals surface area contributed by atoms with Crippen LogP contribution in [0.3, 0.4) is 0 Å². The zero-order valence-electron chi connectivity index (χ0n) is 11.2. The van der Waals surface area contributed by atoms with Gasteiger partial charge in [0, 0.05) is 5.25 Å². The predicted molar refractivity (Wildman–Crippen MR) is 77.8 cm³/mol. The van der Waals surface area contributed by atoms with Gasteiger partial charge in [-0.1, -0.05) is 49.3 Å². The molecule has 0 aliphatic rings. The number of hydrogen-bond acceptors (Lipinski definition) is 5. The van der Waals surface area contributed by atoms with Gasteiger partial charge in [-0.25, -0.2) is 0 Å². The Hall–Kier alpha value is -1.33. The Bertz CT molecular complexity index is 500. The van der Waals surface area contributed by atoms with E-state index in [0.717, 1.165) is 17.7 Å². The van der Waals surface area contributed by atoms with E-state index in [0.29, 0.717) is 17.0 Å². The SMILES string of the molecule is CCC(C)SCc1noc([C@H](N)c2ccccc2)n1. The molecule has 1 aromatic carbocycles. The number of benzene rings is 1. The van der Waals surface area contributed by atoms with Crippen molar-refractivity contribution in [3.8, 4) is 0 Å². The first-order valence-corrected chi connectivity index (χ1v) is 7.50. The average molecular weight is 277 g/mol. The van der Waals surface area contributed by atoms with E-state index >= 15 is 0 Å². The maximum absolute atomic E-state index is 6.11. The van der Waals surface area contributed by atoms with Crippen LogP contribution in [0.25, 0.3) is 0 Å². The highest BCUT2D eigenvalue weighted by atomic mass is 32.2. The van der Waals surface area contributed by atoms with Crippen molar-refractivity contribution in [3.63, 3.8) is 0 Å². The Kier molecular flexibility index (Phi) is 4.99. The quantitative estimate of drug-likeness (QED) is 0.878. The number of aromatic nitrogens is 2. The van der Waals surface area contributed by atoms with Crippen molar-refractivity contribution in [3.05, 3.63) is 47.6 Å². The van der Waals surface area contributed by atoms with Crippen molar-refractivity contribution in [2.45, 2.75) is 37.3 Å². The second-order valence-electron chi connectivity index (χ2n) is 4.47. The van der Waals surface area contributed by atoms with Crippen LogP contribution in [0.1, 0.15) is 43.6 Å². The Morgan fingerprint density at radius 1 is 1.32 bits per heavy atom. The van der Waals surface area contributed by atoms with Gasteiger partial charge in [-0.15, -0.1) is 0 Å². The Balaban J connectivity index is 2.01. The fourth-order valence-electron chi connectivity index (χ4n) is 1.59. The molecule has 102 valence electrons. The molecule has 0 fully saturated rings. The van der Waals surface area contributed by atoms with Gasteiger partial charge in [-0.3, -0.25) is 0 Å². The molecule has 1 aromatic heterocycles. The average Bonchev–Trinajstić information content (AvgIpc) is 2.93. The molecule has 1 heterocycles. The van der Waals surface area contributed by atoms with Crippen LogP contribution >= 0.6 is 11.8 Å². The van der Waals surface area contributed by atoms with Crippen LogP contribution in [0.2, 0.25) is 0 Å². The van der Waals surface area contributed by atoms with Gasteiger partial charge in [0.05, 0.1) is 5.75 Å². The minimum atomic E-state index is -0.351. The second kappa shape index (κ2) is 6.73. The molecule has 1 unspecified atom stereocenters. The van der Waals surface area contributed by atoms with Crippen LogP contribution in [0.4, 0.5) is 0 Å². The molecule has 0 bridgehead atoms. The van der Waals surface area contributed by atoms with E-state index in [1.807, 2.05) is 42.1 Å². The maximum Gasteiger partial charge on any atom is 0.248 e. The zero-order valence-corrected chi connectivity index (χ0v) is 12.1. The lowest BCUT2D eigenvalue weighted by molar-refractivity contribution is 0.363. The van der Waals surface area contributed by atoms with Gasteiger partial charge in [0.2, 0.25) is 5.89 Å². The van der Waals surface area contributed by atoms with Gasteiger partial charge >= 0.3 is 0 Å². The minimum absolute atomic E-state index is 0.351. The second-order valence-corrected chi connectivity index (χ2v) is 5.89. The van der Waals surface area contributed by atoms with Gasteiger partial charge in [0.15, 0.2) is 5.82 Å². The lowest BCUT2D eigenvalue weighted by Gasteiger charge is -2.06. The van der Waals surface area contributed by atoms with Crippen LogP contribution in [-0.2, 0) is 5.75 Å². The minimum Gasteiger partial charge on any atom is -0.337 e. The lowest BCUT2D eigenvalue weighted by atomic mass is 10.1. The highest BCUT2D eigenvalue weighted by Gasteiger charge is 2.16. The summed E-state index contributed by atoms with van der Waals surface area (Å²) in [4.78, 5) is 4.37. The molecule has 0 radical (unpaired) electrons. The molecular formula is C14H19N3OS. The Labute approximate surface area is 117 Å². The van der Waals surface area contributed by atoms with Gasteiger partial charge in [0.1, 0.15) is 6.04 Å².